The number of piperazine rings is 1. The largest absolute Gasteiger partial charge is 0.481 e. The highest BCUT2D eigenvalue weighted by molar-refractivity contribution is 5.30. The summed E-state index contributed by atoms with van der Waals surface area (Å²) >= 11 is 0. The number of aryl methyl sites for hydroxylation is 2. The van der Waals surface area contributed by atoms with Gasteiger partial charge in [-0.1, -0.05) is 6.92 Å². The molecule has 6 heteroatoms. The highest BCUT2D eigenvalue weighted by Crippen LogP contribution is 2.23. The van der Waals surface area contributed by atoms with Crippen molar-refractivity contribution < 1.29 is 9.84 Å². The van der Waals surface area contributed by atoms with E-state index in [4.69, 9.17) is 4.74 Å². The molecule has 120 valence electrons. The van der Waals surface area contributed by atoms with Gasteiger partial charge in [0, 0.05) is 45.8 Å². The summed E-state index contributed by atoms with van der Waals surface area (Å²) in [7, 11) is 3.62. The summed E-state index contributed by atoms with van der Waals surface area (Å²) in [5.41, 5.74) is 2.22. The van der Waals surface area contributed by atoms with Crippen molar-refractivity contribution in [3.8, 4) is 5.88 Å². The molecule has 1 aliphatic heterocycles. The lowest BCUT2D eigenvalue weighted by molar-refractivity contribution is 0.0604. The first-order chi connectivity index (χ1) is 10.1. The highest BCUT2D eigenvalue weighted by atomic mass is 16.5. The van der Waals surface area contributed by atoms with E-state index in [1.807, 2.05) is 14.0 Å². The summed E-state index contributed by atoms with van der Waals surface area (Å²) < 4.78 is 7.27. The molecule has 0 radical (unpaired) electrons. The van der Waals surface area contributed by atoms with Crippen LogP contribution < -0.4 is 4.74 Å². The van der Waals surface area contributed by atoms with Crippen LogP contribution >= 0.6 is 0 Å². The van der Waals surface area contributed by atoms with Crippen LogP contribution in [0.5, 0.6) is 5.88 Å². The first-order valence-electron chi connectivity index (χ1n) is 7.74. The summed E-state index contributed by atoms with van der Waals surface area (Å²) in [4.78, 5) is 4.83. The van der Waals surface area contributed by atoms with Crippen molar-refractivity contribution in [1.29, 1.82) is 0 Å². The molecule has 2 rings (SSSR count). The molecule has 1 N–H and O–H groups in total. The summed E-state index contributed by atoms with van der Waals surface area (Å²) in [6.45, 7) is 9.38. The fraction of sp³-hybridized carbons (Fsp3) is 0.800. The topological polar surface area (TPSA) is 53.8 Å². The predicted octanol–water partition coefficient (Wildman–Crippen LogP) is 0.626. The molecular formula is C15H28N4O2. The minimum absolute atomic E-state index is 0.256. The lowest BCUT2D eigenvalue weighted by atomic mass is 10.1. The Morgan fingerprint density at radius 3 is 2.48 bits per heavy atom. The molecule has 2 heterocycles. The quantitative estimate of drug-likeness (QED) is 0.834. The van der Waals surface area contributed by atoms with Crippen LogP contribution in [0.1, 0.15) is 24.6 Å². The minimum atomic E-state index is 0.256. The number of methoxy groups -OCH3 is 1. The Kier molecular flexibility index (Phi) is 5.61. The number of hydrogen-bond acceptors (Lipinski definition) is 5. The Hall–Kier alpha value is -1.11. The summed E-state index contributed by atoms with van der Waals surface area (Å²) in [6.07, 6.45) is 1.01. The molecule has 21 heavy (non-hydrogen) atoms. The van der Waals surface area contributed by atoms with Gasteiger partial charge < -0.3 is 9.84 Å². The van der Waals surface area contributed by atoms with Gasteiger partial charge in [0.1, 0.15) is 0 Å². The Bertz CT molecular complexity index is 449. The highest BCUT2D eigenvalue weighted by Gasteiger charge is 2.24. The predicted molar refractivity (Wildman–Crippen MR) is 82.5 cm³/mol. The minimum Gasteiger partial charge on any atom is -0.481 e. The lowest BCUT2D eigenvalue weighted by Crippen LogP contribution is -2.50. The zero-order valence-electron chi connectivity index (χ0n) is 13.7. The van der Waals surface area contributed by atoms with E-state index >= 15 is 0 Å². The zero-order chi connectivity index (χ0) is 15.4. The average molecular weight is 296 g/mol. The molecule has 1 fully saturated rings. The molecule has 0 aliphatic carbocycles. The van der Waals surface area contributed by atoms with Gasteiger partial charge in [0.2, 0.25) is 5.88 Å². The van der Waals surface area contributed by atoms with Crippen LogP contribution in [0, 0.1) is 6.92 Å². The van der Waals surface area contributed by atoms with E-state index in [2.05, 4.69) is 21.8 Å². The van der Waals surface area contributed by atoms with E-state index in [1.165, 1.54) is 5.56 Å². The van der Waals surface area contributed by atoms with Crippen LogP contribution in [-0.4, -0.2) is 70.6 Å². The van der Waals surface area contributed by atoms with E-state index in [-0.39, 0.29) is 6.61 Å². The first kappa shape index (κ1) is 16.3. The number of hydrogen-bond donors (Lipinski definition) is 1. The van der Waals surface area contributed by atoms with Crippen molar-refractivity contribution in [2.75, 3.05) is 39.9 Å². The van der Waals surface area contributed by atoms with Crippen LogP contribution in [0.3, 0.4) is 0 Å². The van der Waals surface area contributed by atoms with Gasteiger partial charge in [-0.3, -0.25) is 9.80 Å². The maximum absolute atomic E-state index is 9.40. The van der Waals surface area contributed by atoms with E-state index in [0.717, 1.165) is 50.7 Å². The monoisotopic (exact) mass is 296 g/mol. The molecule has 0 saturated carbocycles. The molecule has 1 atom stereocenters. The Labute approximate surface area is 127 Å². The molecule has 0 aromatic carbocycles. The number of rotatable bonds is 6. The van der Waals surface area contributed by atoms with E-state index < -0.39 is 0 Å². The van der Waals surface area contributed by atoms with Gasteiger partial charge in [0.05, 0.1) is 25.0 Å². The summed E-state index contributed by atoms with van der Waals surface area (Å²) in [5, 5.41) is 13.8. The molecule has 6 nitrogen and oxygen atoms in total. The lowest BCUT2D eigenvalue weighted by Gasteiger charge is -2.38. The smallest absolute Gasteiger partial charge is 0.216 e. The first-order valence-corrected chi connectivity index (χ1v) is 7.74. The molecule has 1 aliphatic rings. The molecule has 0 amide bonds. The van der Waals surface area contributed by atoms with Crippen molar-refractivity contribution in [1.82, 2.24) is 19.6 Å². The zero-order valence-corrected chi connectivity index (χ0v) is 13.7. The standard InChI is InChI=1S/C15H28N4O2/c1-5-13(11-20)19-8-6-18(7-9-19)10-14-12(2)16-17(3)15(14)21-4/h13,20H,5-11H2,1-4H3. The van der Waals surface area contributed by atoms with Crippen LogP contribution in [0.15, 0.2) is 0 Å². The van der Waals surface area contributed by atoms with Crippen molar-refractivity contribution in [3.05, 3.63) is 11.3 Å². The fourth-order valence-electron chi connectivity index (χ4n) is 3.13. The van der Waals surface area contributed by atoms with Crippen molar-refractivity contribution in [3.63, 3.8) is 0 Å². The molecule has 1 unspecified atom stereocenters. The number of aliphatic hydroxyl groups is 1. The van der Waals surface area contributed by atoms with Gasteiger partial charge in [0.15, 0.2) is 0 Å². The third-order valence-electron chi connectivity index (χ3n) is 4.47. The van der Waals surface area contributed by atoms with E-state index in [1.54, 1.807) is 11.8 Å². The Morgan fingerprint density at radius 2 is 1.95 bits per heavy atom. The SMILES string of the molecule is CCC(CO)N1CCN(Cc2c(C)nn(C)c2OC)CC1. The molecule has 1 saturated heterocycles. The van der Waals surface area contributed by atoms with Gasteiger partial charge in [-0.2, -0.15) is 5.10 Å². The average Bonchev–Trinajstić information content (AvgIpc) is 2.75. The van der Waals surface area contributed by atoms with Gasteiger partial charge in [0.25, 0.3) is 0 Å². The molecule has 0 bridgehead atoms. The van der Waals surface area contributed by atoms with E-state index in [0.29, 0.717) is 6.04 Å². The molecular weight excluding hydrogens is 268 g/mol. The normalized spacial score (nSPS) is 18.9. The Balaban J connectivity index is 1.95. The summed E-state index contributed by atoms with van der Waals surface area (Å²) in [5.74, 6) is 0.858. The molecule has 0 spiro atoms. The van der Waals surface area contributed by atoms with Crippen LogP contribution in [0.25, 0.3) is 0 Å². The number of aliphatic hydroxyl groups excluding tert-OH is 1. The van der Waals surface area contributed by atoms with Crippen molar-refractivity contribution >= 4 is 0 Å². The number of aromatic nitrogens is 2. The van der Waals surface area contributed by atoms with Crippen molar-refractivity contribution in [2.45, 2.75) is 32.9 Å². The van der Waals surface area contributed by atoms with Crippen LogP contribution in [-0.2, 0) is 13.6 Å². The maximum Gasteiger partial charge on any atom is 0.216 e. The van der Waals surface area contributed by atoms with Crippen molar-refractivity contribution in [2.24, 2.45) is 7.05 Å². The second kappa shape index (κ2) is 7.24. The number of nitrogens with zero attached hydrogens (tertiary/aromatic N) is 4. The Morgan fingerprint density at radius 1 is 1.29 bits per heavy atom. The molecule has 1 aromatic rings. The maximum atomic E-state index is 9.40. The second-order valence-electron chi connectivity index (χ2n) is 5.75. The second-order valence-corrected chi connectivity index (χ2v) is 5.75. The van der Waals surface area contributed by atoms with E-state index in [9.17, 15) is 5.11 Å². The molecule has 1 aromatic heterocycles. The van der Waals surface area contributed by atoms with Gasteiger partial charge >= 0.3 is 0 Å². The van der Waals surface area contributed by atoms with Gasteiger partial charge in [-0.25, -0.2) is 4.68 Å². The third-order valence-corrected chi connectivity index (χ3v) is 4.47. The van der Waals surface area contributed by atoms with Crippen LogP contribution in [0.4, 0.5) is 0 Å². The third kappa shape index (κ3) is 3.56. The van der Waals surface area contributed by atoms with Crippen LogP contribution in [0.2, 0.25) is 0 Å². The van der Waals surface area contributed by atoms with Gasteiger partial charge in [-0.15, -0.1) is 0 Å². The summed E-state index contributed by atoms with van der Waals surface area (Å²) in [6, 6.07) is 0.307. The number of ether oxygens (including phenoxy) is 1. The fourth-order valence-corrected chi connectivity index (χ4v) is 3.13. The van der Waals surface area contributed by atoms with Gasteiger partial charge in [-0.05, 0) is 13.3 Å².